The van der Waals surface area contributed by atoms with E-state index in [-0.39, 0.29) is 12.3 Å². The Hall–Kier alpha value is -1.49. The predicted molar refractivity (Wildman–Crippen MR) is 77.1 cm³/mol. The number of benzene rings is 1. The predicted octanol–water partition coefficient (Wildman–Crippen LogP) is 2.29. The number of unbranched alkanes of at least 4 members (excludes halogenated alkanes) is 1. The highest BCUT2D eigenvalue weighted by atomic mass is 32.2. The molecule has 0 heterocycles. The van der Waals surface area contributed by atoms with Crippen LogP contribution in [0, 0.1) is 0 Å². The van der Waals surface area contributed by atoms with Gasteiger partial charge in [-0.1, -0.05) is 30.3 Å². The topological polar surface area (TPSA) is 66.4 Å². The van der Waals surface area contributed by atoms with Crippen molar-refractivity contribution in [2.24, 2.45) is 0 Å². The molecule has 19 heavy (non-hydrogen) atoms. The Kier molecular flexibility index (Phi) is 7.74. The Morgan fingerprint density at radius 3 is 2.58 bits per heavy atom. The lowest BCUT2D eigenvalue weighted by Crippen LogP contribution is -2.26. The zero-order chi connectivity index (χ0) is 13.9. The molecule has 0 bridgehead atoms. The minimum absolute atomic E-state index is 0.0104. The van der Waals surface area contributed by atoms with Crippen molar-refractivity contribution >= 4 is 23.6 Å². The van der Waals surface area contributed by atoms with Crippen LogP contribution >= 0.6 is 11.8 Å². The third-order valence-corrected chi connectivity index (χ3v) is 3.49. The smallest absolute Gasteiger partial charge is 0.303 e. The number of nitrogens with one attached hydrogen (secondary N) is 1. The Balaban J connectivity index is 2.01. The van der Waals surface area contributed by atoms with E-state index in [1.807, 2.05) is 30.3 Å². The van der Waals surface area contributed by atoms with E-state index in [2.05, 4.69) is 5.32 Å². The molecule has 4 nitrogen and oxygen atoms in total. The maximum Gasteiger partial charge on any atom is 0.303 e. The van der Waals surface area contributed by atoms with Crippen molar-refractivity contribution in [3.05, 3.63) is 35.9 Å². The molecule has 0 aliphatic carbocycles. The lowest BCUT2D eigenvalue weighted by molar-refractivity contribution is -0.137. The Labute approximate surface area is 117 Å². The molecule has 0 spiro atoms. The average molecular weight is 281 g/mol. The first kappa shape index (κ1) is 15.6. The number of hydrogen-bond acceptors (Lipinski definition) is 3. The van der Waals surface area contributed by atoms with E-state index >= 15 is 0 Å². The van der Waals surface area contributed by atoms with Crippen LogP contribution in [0.1, 0.15) is 24.8 Å². The highest BCUT2D eigenvalue weighted by molar-refractivity contribution is 7.99. The summed E-state index contributed by atoms with van der Waals surface area (Å²) in [5.41, 5.74) is 1.21. The summed E-state index contributed by atoms with van der Waals surface area (Å²) in [6.07, 6.45) is 1.48. The quantitative estimate of drug-likeness (QED) is 0.682. The standard InChI is InChI=1S/C14H19NO3S/c16-13(15-9-5-4-8-14(17)18)11-19-10-12-6-2-1-3-7-12/h1-3,6-7H,4-5,8-11H2,(H,15,16)(H,17,18). The SMILES string of the molecule is O=C(O)CCCCNC(=O)CSCc1ccccc1. The second-order valence-corrected chi connectivity index (χ2v) is 5.16. The minimum Gasteiger partial charge on any atom is -0.481 e. The van der Waals surface area contributed by atoms with Crippen molar-refractivity contribution in [2.45, 2.75) is 25.0 Å². The van der Waals surface area contributed by atoms with Crippen molar-refractivity contribution in [3.8, 4) is 0 Å². The lowest BCUT2D eigenvalue weighted by atomic mass is 10.2. The largest absolute Gasteiger partial charge is 0.481 e. The fourth-order valence-electron chi connectivity index (χ4n) is 1.52. The highest BCUT2D eigenvalue weighted by Gasteiger charge is 2.02. The molecular formula is C14H19NO3S. The summed E-state index contributed by atoms with van der Waals surface area (Å²) in [6, 6.07) is 10.0. The fraction of sp³-hybridized carbons (Fsp3) is 0.429. The number of carbonyl (C=O) groups is 2. The van der Waals surface area contributed by atoms with Crippen LogP contribution in [0.25, 0.3) is 0 Å². The molecule has 1 aromatic carbocycles. The Morgan fingerprint density at radius 1 is 1.16 bits per heavy atom. The van der Waals surface area contributed by atoms with E-state index in [1.54, 1.807) is 11.8 Å². The molecular weight excluding hydrogens is 262 g/mol. The van der Waals surface area contributed by atoms with Crippen molar-refractivity contribution in [2.75, 3.05) is 12.3 Å². The Bertz CT molecular complexity index is 395. The molecule has 1 aromatic rings. The molecule has 0 fully saturated rings. The van der Waals surface area contributed by atoms with Crippen LogP contribution < -0.4 is 5.32 Å². The van der Waals surface area contributed by atoms with Gasteiger partial charge in [0.15, 0.2) is 0 Å². The van der Waals surface area contributed by atoms with Gasteiger partial charge in [-0.25, -0.2) is 0 Å². The summed E-state index contributed by atoms with van der Waals surface area (Å²) in [4.78, 5) is 21.8. The minimum atomic E-state index is -0.787. The van der Waals surface area contributed by atoms with Crippen LogP contribution in [0.2, 0.25) is 0 Å². The monoisotopic (exact) mass is 281 g/mol. The zero-order valence-corrected chi connectivity index (χ0v) is 11.6. The van der Waals surface area contributed by atoms with Gasteiger partial charge in [0, 0.05) is 18.7 Å². The third kappa shape index (κ3) is 8.26. The fourth-order valence-corrected chi connectivity index (χ4v) is 2.33. The molecule has 1 amide bonds. The lowest BCUT2D eigenvalue weighted by Gasteiger charge is -2.04. The normalized spacial score (nSPS) is 10.1. The molecule has 0 aliphatic heterocycles. The van der Waals surface area contributed by atoms with Gasteiger partial charge in [-0.15, -0.1) is 11.8 Å². The summed E-state index contributed by atoms with van der Waals surface area (Å²) in [5, 5.41) is 11.2. The molecule has 0 unspecified atom stereocenters. The first-order valence-corrected chi connectivity index (χ1v) is 7.44. The molecule has 5 heteroatoms. The van der Waals surface area contributed by atoms with Crippen molar-refractivity contribution in [3.63, 3.8) is 0 Å². The van der Waals surface area contributed by atoms with Crippen molar-refractivity contribution < 1.29 is 14.7 Å². The van der Waals surface area contributed by atoms with Gasteiger partial charge in [-0.2, -0.15) is 0 Å². The van der Waals surface area contributed by atoms with Crippen LogP contribution in [0.3, 0.4) is 0 Å². The molecule has 1 rings (SSSR count). The van der Waals surface area contributed by atoms with Gasteiger partial charge in [-0.05, 0) is 18.4 Å². The number of aliphatic carboxylic acids is 1. The summed E-state index contributed by atoms with van der Waals surface area (Å²) in [5.74, 6) is 0.488. The molecule has 0 aliphatic rings. The van der Waals surface area contributed by atoms with Crippen LogP contribution in [0.5, 0.6) is 0 Å². The number of hydrogen-bond donors (Lipinski definition) is 2. The van der Waals surface area contributed by atoms with Crippen LogP contribution in [-0.2, 0) is 15.3 Å². The molecule has 104 valence electrons. The van der Waals surface area contributed by atoms with Gasteiger partial charge in [0.05, 0.1) is 5.75 Å². The number of carbonyl (C=O) groups excluding carboxylic acids is 1. The number of carboxylic acid groups (broad SMARTS) is 1. The maximum atomic E-state index is 11.5. The van der Waals surface area contributed by atoms with E-state index < -0.39 is 5.97 Å². The van der Waals surface area contributed by atoms with Crippen molar-refractivity contribution in [1.29, 1.82) is 0 Å². The zero-order valence-electron chi connectivity index (χ0n) is 10.8. The molecule has 0 atom stereocenters. The van der Waals surface area contributed by atoms with Crippen LogP contribution in [-0.4, -0.2) is 29.3 Å². The summed E-state index contributed by atoms with van der Waals surface area (Å²) >= 11 is 1.58. The third-order valence-electron chi connectivity index (χ3n) is 2.48. The highest BCUT2D eigenvalue weighted by Crippen LogP contribution is 2.10. The van der Waals surface area contributed by atoms with Gasteiger partial charge >= 0.3 is 5.97 Å². The molecule has 0 saturated heterocycles. The maximum absolute atomic E-state index is 11.5. The Morgan fingerprint density at radius 2 is 1.89 bits per heavy atom. The first-order valence-electron chi connectivity index (χ1n) is 6.28. The molecule has 0 saturated carbocycles. The van der Waals surface area contributed by atoms with Crippen LogP contribution in [0.4, 0.5) is 0 Å². The number of rotatable bonds is 9. The number of thioether (sulfide) groups is 1. The van der Waals surface area contributed by atoms with Crippen molar-refractivity contribution in [1.82, 2.24) is 5.32 Å². The number of carboxylic acids is 1. The second-order valence-electron chi connectivity index (χ2n) is 4.18. The van der Waals surface area contributed by atoms with E-state index in [1.165, 1.54) is 5.56 Å². The van der Waals surface area contributed by atoms with E-state index in [0.29, 0.717) is 25.1 Å². The van der Waals surface area contributed by atoms with Gasteiger partial charge in [0.25, 0.3) is 0 Å². The first-order chi connectivity index (χ1) is 9.18. The van der Waals surface area contributed by atoms with E-state index in [0.717, 1.165) is 5.75 Å². The second kappa shape index (κ2) is 9.44. The van der Waals surface area contributed by atoms with Gasteiger partial charge in [0.2, 0.25) is 5.91 Å². The number of amides is 1. The van der Waals surface area contributed by atoms with Crippen LogP contribution in [0.15, 0.2) is 30.3 Å². The average Bonchev–Trinajstić information content (AvgIpc) is 2.39. The van der Waals surface area contributed by atoms with Gasteiger partial charge in [-0.3, -0.25) is 9.59 Å². The molecule has 0 radical (unpaired) electrons. The summed E-state index contributed by atoms with van der Waals surface area (Å²) < 4.78 is 0. The van der Waals surface area contributed by atoms with Gasteiger partial charge < -0.3 is 10.4 Å². The summed E-state index contributed by atoms with van der Waals surface area (Å²) in [7, 11) is 0. The molecule has 0 aromatic heterocycles. The van der Waals surface area contributed by atoms with E-state index in [9.17, 15) is 9.59 Å². The van der Waals surface area contributed by atoms with Gasteiger partial charge in [0.1, 0.15) is 0 Å². The summed E-state index contributed by atoms with van der Waals surface area (Å²) in [6.45, 7) is 0.554. The molecule has 2 N–H and O–H groups in total. The van der Waals surface area contributed by atoms with E-state index in [4.69, 9.17) is 5.11 Å².